The summed E-state index contributed by atoms with van der Waals surface area (Å²) in [4.78, 5) is 50.5. The third kappa shape index (κ3) is 12.0. The topological polar surface area (TPSA) is 171 Å². The van der Waals surface area contributed by atoms with Gasteiger partial charge in [-0.3, -0.25) is 24.7 Å². The summed E-state index contributed by atoms with van der Waals surface area (Å²) in [6.07, 6.45) is -0.155. The molecule has 2 aliphatic rings. The van der Waals surface area contributed by atoms with Gasteiger partial charge in [-0.05, 0) is 87.0 Å². The molecule has 64 heavy (non-hydrogen) atoms. The van der Waals surface area contributed by atoms with Crippen LogP contribution in [0.4, 0.5) is 17.1 Å². The molecule has 2 aliphatic heterocycles. The third-order valence-electron chi connectivity index (χ3n) is 8.82. The molecule has 14 nitrogen and oxygen atoms in total. The summed E-state index contributed by atoms with van der Waals surface area (Å²) in [5.41, 5.74) is 6.58. The lowest BCUT2D eigenvalue weighted by atomic mass is 10.1. The first-order valence-electron chi connectivity index (χ1n) is 18.5. The molecule has 0 saturated carbocycles. The van der Waals surface area contributed by atoms with Gasteiger partial charge < -0.3 is 15.4 Å². The number of ether oxygens (including phenoxy) is 1. The van der Waals surface area contributed by atoms with Crippen LogP contribution in [0.2, 0.25) is 30.1 Å². The van der Waals surface area contributed by atoms with E-state index in [1.807, 2.05) is 45.0 Å². The molecule has 0 aromatic heterocycles. The average molecular weight is 1030 g/mol. The quantitative estimate of drug-likeness (QED) is 0.0917. The minimum atomic E-state index is -1.75. The number of hydrogen-bond acceptors (Lipinski definition) is 10. The molecule has 3 N–H and O–H groups in total. The largest absolute Gasteiger partial charge is 0.483 e. The van der Waals surface area contributed by atoms with E-state index in [2.05, 4.69) is 26.3 Å². The Morgan fingerprint density at radius 2 is 1.34 bits per heavy atom. The van der Waals surface area contributed by atoms with E-state index >= 15 is 0 Å². The minimum absolute atomic E-state index is 0.0482. The number of nitrogens with zero attached hydrogens (tertiary/aromatic N) is 4. The van der Waals surface area contributed by atoms with Crippen LogP contribution >= 0.6 is 81.2 Å². The van der Waals surface area contributed by atoms with Crippen LogP contribution in [0.15, 0.2) is 106 Å². The fourth-order valence-electron chi connectivity index (χ4n) is 5.82. The zero-order chi connectivity index (χ0) is 46.4. The van der Waals surface area contributed by atoms with Gasteiger partial charge in [-0.15, -0.1) is 16.7 Å². The van der Waals surface area contributed by atoms with Crippen molar-refractivity contribution < 1.29 is 32.4 Å². The maximum Gasteiger partial charge on any atom is 0.273 e. The molecule has 2 unspecified atom stereocenters. The van der Waals surface area contributed by atoms with Crippen LogP contribution in [-0.4, -0.2) is 51.5 Å². The lowest BCUT2D eigenvalue weighted by Crippen LogP contribution is -2.39. The Labute approximate surface area is 403 Å². The van der Waals surface area contributed by atoms with Crippen LogP contribution in [0.5, 0.6) is 5.75 Å². The van der Waals surface area contributed by atoms with Crippen molar-refractivity contribution in [3.05, 3.63) is 143 Å². The summed E-state index contributed by atoms with van der Waals surface area (Å²) < 4.78 is 23.0. The van der Waals surface area contributed by atoms with Gasteiger partial charge in [0.15, 0.2) is 17.8 Å². The van der Waals surface area contributed by atoms with Crippen molar-refractivity contribution >= 4 is 145 Å². The predicted octanol–water partition coefficient (Wildman–Crippen LogP) is 10.2. The summed E-state index contributed by atoms with van der Waals surface area (Å²) in [7, 11) is 0. The van der Waals surface area contributed by atoms with Crippen LogP contribution in [0, 0.1) is 20.8 Å². The van der Waals surface area contributed by atoms with E-state index in [0.717, 1.165) is 26.7 Å². The van der Waals surface area contributed by atoms with Gasteiger partial charge in [-0.1, -0.05) is 111 Å². The molecule has 332 valence electrons. The van der Waals surface area contributed by atoms with E-state index in [0.29, 0.717) is 26.4 Å². The second-order valence-corrected chi connectivity index (χ2v) is 17.8. The number of benzene rings is 5. The van der Waals surface area contributed by atoms with Crippen molar-refractivity contribution in [1.82, 2.24) is 10.6 Å². The molecule has 5 aromatic rings. The highest BCUT2D eigenvalue weighted by molar-refractivity contribution is 7.80. The standard InChI is InChI=1S/C23H17Cl3N4O4S.C19H15Cl4N3O3/c1-13-5-7-17(8-6-13)35(33)34-29-16-4-2-3-14(9-16)23(32)27-20-12-21(31)30(28-20)22-18(25)10-15(24)11-19(22)26;1-9-3-4-14(10(2)5-9)29-8-15(27)24-18-16(23)19(28)26(25-18)17-12(21)6-11(20)7-13(17)22/h2-11,29H,12H2,1H3,(H,27,28,32);3-7,16H,8H2,1-2H3,(H,24,25,27). The summed E-state index contributed by atoms with van der Waals surface area (Å²) in [6, 6.07) is 24.7. The summed E-state index contributed by atoms with van der Waals surface area (Å²) in [5, 5.41) is 15.2. The first-order valence-corrected chi connectivity index (χ1v) is 22.3. The summed E-state index contributed by atoms with van der Waals surface area (Å²) in [5.74, 6) is -1.39. The highest BCUT2D eigenvalue weighted by Gasteiger charge is 2.38. The number of nitrogens with one attached hydrogen (secondary N) is 3. The Morgan fingerprint density at radius 3 is 1.95 bits per heavy atom. The molecule has 2 heterocycles. The van der Waals surface area contributed by atoms with Crippen LogP contribution in [-0.2, 0) is 29.7 Å². The lowest BCUT2D eigenvalue weighted by Gasteiger charge is -2.15. The Bertz CT molecular complexity index is 2710. The minimum Gasteiger partial charge on any atom is -0.483 e. The van der Waals surface area contributed by atoms with E-state index in [1.54, 1.807) is 36.4 Å². The van der Waals surface area contributed by atoms with Gasteiger partial charge in [0.25, 0.3) is 23.6 Å². The molecule has 22 heteroatoms. The highest BCUT2D eigenvalue weighted by Crippen LogP contribution is 2.40. The Balaban J connectivity index is 0.000000216. The number of anilines is 3. The molecule has 0 bridgehead atoms. The summed E-state index contributed by atoms with van der Waals surface area (Å²) >= 11 is 40.8. The lowest BCUT2D eigenvalue weighted by molar-refractivity contribution is -0.121. The first-order chi connectivity index (χ1) is 30.4. The molecule has 2 atom stereocenters. The maximum absolute atomic E-state index is 12.8. The summed E-state index contributed by atoms with van der Waals surface area (Å²) in [6.45, 7) is 5.49. The van der Waals surface area contributed by atoms with Gasteiger partial charge in [-0.25, -0.2) is 4.21 Å². The van der Waals surface area contributed by atoms with E-state index in [-0.39, 0.29) is 61.7 Å². The van der Waals surface area contributed by atoms with Crippen molar-refractivity contribution in [2.45, 2.75) is 37.5 Å². The van der Waals surface area contributed by atoms with Gasteiger partial charge in [0, 0.05) is 15.6 Å². The van der Waals surface area contributed by atoms with Crippen molar-refractivity contribution in [3.63, 3.8) is 0 Å². The Hall–Kier alpha value is -4.94. The molecule has 0 aliphatic carbocycles. The van der Waals surface area contributed by atoms with Crippen LogP contribution in [0.3, 0.4) is 0 Å². The first kappa shape index (κ1) is 48.5. The van der Waals surface area contributed by atoms with Crippen LogP contribution < -0.4 is 30.9 Å². The SMILES string of the molecule is Cc1ccc(OCC(=O)NC2=NN(c3c(Cl)cc(Cl)cc3Cl)C(=O)C2Cl)c(C)c1.Cc1ccc(S(=O)ONc2cccc(C(=O)NC3=NN(c4c(Cl)cc(Cl)cc4Cl)C(=O)C3)c2)cc1. The third-order valence-corrected chi connectivity index (χ3v) is 11.7. The molecule has 0 fully saturated rings. The fourth-order valence-corrected chi connectivity index (χ4v) is 8.59. The maximum atomic E-state index is 12.8. The molecule has 4 amide bonds. The molecule has 7 rings (SSSR count). The molecule has 0 spiro atoms. The normalized spacial score (nSPS) is 14.9. The van der Waals surface area contributed by atoms with Gasteiger partial charge in [0.05, 0.1) is 37.1 Å². The Morgan fingerprint density at radius 1 is 0.750 bits per heavy atom. The zero-order valence-corrected chi connectivity index (χ0v) is 39.5. The number of aryl methyl sites for hydroxylation is 3. The molecular formula is C42H32Cl7N7O7S. The van der Waals surface area contributed by atoms with Gasteiger partial charge in [-0.2, -0.15) is 19.4 Å². The van der Waals surface area contributed by atoms with Crippen molar-refractivity contribution in [1.29, 1.82) is 0 Å². The number of rotatable bonds is 10. The number of carbonyl (C=O) groups is 4. The number of carbonyl (C=O) groups excluding carboxylic acids is 4. The zero-order valence-electron chi connectivity index (χ0n) is 33.4. The van der Waals surface area contributed by atoms with Crippen LogP contribution in [0.1, 0.15) is 33.5 Å². The monoisotopic (exact) mass is 1020 g/mol. The number of alkyl halides is 1. The van der Waals surface area contributed by atoms with E-state index < -0.39 is 40.1 Å². The fraction of sp³-hybridized carbons (Fsp3) is 0.143. The second-order valence-electron chi connectivity index (χ2n) is 13.7. The number of halogens is 7. The number of amidine groups is 2. The average Bonchev–Trinajstić information content (AvgIpc) is 3.72. The predicted molar refractivity (Wildman–Crippen MR) is 253 cm³/mol. The van der Waals surface area contributed by atoms with Gasteiger partial charge in [0.1, 0.15) is 23.0 Å². The van der Waals surface area contributed by atoms with Crippen LogP contribution in [0.25, 0.3) is 0 Å². The molecule has 0 radical (unpaired) electrons. The number of hydrazone groups is 2. The molecule has 5 aromatic carbocycles. The van der Waals surface area contributed by atoms with Gasteiger partial charge in [0.2, 0.25) is 11.1 Å². The van der Waals surface area contributed by atoms with E-state index in [4.69, 9.17) is 90.2 Å². The molecule has 0 saturated heterocycles. The Kier molecular flexibility index (Phi) is 16.2. The molecular weight excluding hydrogens is 995 g/mol. The number of hydrogen-bond donors (Lipinski definition) is 3. The second kappa shape index (κ2) is 21.4. The van der Waals surface area contributed by atoms with E-state index in [1.165, 1.54) is 30.3 Å². The van der Waals surface area contributed by atoms with E-state index in [9.17, 15) is 23.4 Å². The number of amides is 4. The highest BCUT2D eigenvalue weighted by atomic mass is 35.5. The van der Waals surface area contributed by atoms with Gasteiger partial charge >= 0.3 is 0 Å². The smallest absolute Gasteiger partial charge is 0.273 e. The van der Waals surface area contributed by atoms with Crippen molar-refractivity contribution in [2.24, 2.45) is 10.2 Å². The van der Waals surface area contributed by atoms with Crippen molar-refractivity contribution in [2.75, 3.05) is 22.1 Å². The van der Waals surface area contributed by atoms with Crippen molar-refractivity contribution in [3.8, 4) is 5.75 Å².